The molecular formula is C21H24N2O4. The van der Waals surface area contributed by atoms with Crippen LogP contribution in [0, 0.1) is 5.92 Å². The van der Waals surface area contributed by atoms with Gasteiger partial charge in [-0.1, -0.05) is 12.1 Å². The van der Waals surface area contributed by atoms with Gasteiger partial charge in [0, 0.05) is 25.6 Å². The molecule has 1 aromatic carbocycles. The van der Waals surface area contributed by atoms with Gasteiger partial charge >= 0.3 is 0 Å². The Balaban J connectivity index is 1.46. The van der Waals surface area contributed by atoms with Crippen molar-refractivity contribution in [1.82, 2.24) is 4.90 Å². The molecule has 142 valence electrons. The molecular weight excluding hydrogens is 344 g/mol. The highest BCUT2D eigenvalue weighted by molar-refractivity contribution is 5.98. The quantitative estimate of drug-likeness (QED) is 0.835. The molecule has 0 bridgehead atoms. The Bertz CT molecular complexity index is 808. The number of carbonyl (C=O) groups excluding carboxylic acids is 2. The highest BCUT2D eigenvalue weighted by Crippen LogP contribution is 2.37. The second kappa shape index (κ2) is 7.47. The maximum absolute atomic E-state index is 13.2. The minimum atomic E-state index is -0.101. The molecule has 0 aliphatic carbocycles. The molecule has 1 saturated heterocycles. The summed E-state index contributed by atoms with van der Waals surface area (Å²) in [5.74, 6) is 1.09. The molecule has 1 aromatic heterocycles. The van der Waals surface area contributed by atoms with Gasteiger partial charge in [-0.25, -0.2) is 0 Å². The highest BCUT2D eigenvalue weighted by Gasteiger charge is 2.34. The lowest BCUT2D eigenvalue weighted by atomic mass is 9.92. The second-order valence-electron chi connectivity index (χ2n) is 7.11. The molecule has 2 aliphatic rings. The van der Waals surface area contributed by atoms with E-state index in [0.717, 1.165) is 30.8 Å². The van der Waals surface area contributed by atoms with Crippen LogP contribution in [0.4, 0.5) is 5.69 Å². The van der Waals surface area contributed by atoms with Gasteiger partial charge < -0.3 is 19.0 Å². The van der Waals surface area contributed by atoms with E-state index < -0.39 is 0 Å². The Morgan fingerprint density at radius 1 is 1.11 bits per heavy atom. The number of hydrogen-bond donors (Lipinski definition) is 0. The van der Waals surface area contributed by atoms with Crippen molar-refractivity contribution >= 4 is 17.5 Å². The minimum absolute atomic E-state index is 0.0680. The Hall–Kier alpha value is -2.76. The van der Waals surface area contributed by atoms with Crippen LogP contribution in [0.2, 0.25) is 0 Å². The highest BCUT2D eigenvalue weighted by atomic mass is 16.5. The van der Waals surface area contributed by atoms with Gasteiger partial charge in [-0.15, -0.1) is 0 Å². The summed E-state index contributed by atoms with van der Waals surface area (Å²) in [4.78, 5) is 29.3. The van der Waals surface area contributed by atoms with Gasteiger partial charge in [-0.3, -0.25) is 9.59 Å². The first-order valence-electron chi connectivity index (χ1n) is 9.49. The Morgan fingerprint density at radius 3 is 2.63 bits per heavy atom. The number of furan rings is 1. The molecule has 0 spiro atoms. The number of benzene rings is 1. The summed E-state index contributed by atoms with van der Waals surface area (Å²) < 4.78 is 10.7. The number of methoxy groups -OCH3 is 1. The Kier molecular flexibility index (Phi) is 4.88. The number of likely N-dealkylation sites (tertiary alicyclic amines) is 1. The van der Waals surface area contributed by atoms with Crippen molar-refractivity contribution in [3.8, 4) is 5.75 Å². The number of ether oxygens (including phenoxy) is 1. The van der Waals surface area contributed by atoms with Gasteiger partial charge in [0.15, 0.2) is 5.76 Å². The van der Waals surface area contributed by atoms with Gasteiger partial charge in [0.05, 0.1) is 19.1 Å². The number of rotatable bonds is 3. The number of anilines is 1. The summed E-state index contributed by atoms with van der Waals surface area (Å²) in [7, 11) is 1.64. The van der Waals surface area contributed by atoms with E-state index in [9.17, 15) is 9.59 Å². The molecule has 2 aliphatic heterocycles. The minimum Gasteiger partial charge on any atom is -0.495 e. The summed E-state index contributed by atoms with van der Waals surface area (Å²) in [5.41, 5.74) is 2.09. The van der Waals surface area contributed by atoms with Crippen molar-refractivity contribution in [3.63, 3.8) is 0 Å². The van der Waals surface area contributed by atoms with Crippen molar-refractivity contribution in [2.45, 2.75) is 25.7 Å². The molecule has 4 rings (SSSR count). The number of piperidine rings is 1. The zero-order valence-electron chi connectivity index (χ0n) is 15.5. The van der Waals surface area contributed by atoms with E-state index in [2.05, 4.69) is 6.07 Å². The van der Waals surface area contributed by atoms with Crippen molar-refractivity contribution in [2.75, 3.05) is 31.6 Å². The number of nitrogens with zero attached hydrogens (tertiary/aromatic N) is 2. The monoisotopic (exact) mass is 368 g/mol. The van der Waals surface area contributed by atoms with E-state index in [1.165, 1.54) is 11.8 Å². The lowest BCUT2D eigenvalue weighted by molar-refractivity contribution is -0.123. The first kappa shape index (κ1) is 17.6. The van der Waals surface area contributed by atoms with Crippen LogP contribution >= 0.6 is 0 Å². The van der Waals surface area contributed by atoms with Crippen LogP contribution in [-0.2, 0) is 11.2 Å². The van der Waals surface area contributed by atoms with Crippen LogP contribution in [0.5, 0.6) is 5.75 Å². The molecule has 6 nitrogen and oxygen atoms in total. The number of carbonyl (C=O) groups is 2. The maximum atomic E-state index is 13.2. The third-order valence-electron chi connectivity index (χ3n) is 5.53. The van der Waals surface area contributed by atoms with E-state index >= 15 is 0 Å². The smallest absolute Gasteiger partial charge is 0.289 e. The summed E-state index contributed by atoms with van der Waals surface area (Å²) >= 11 is 0. The molecule has 0 atom stereocenters. The zero-order chi connectivity index (χ0) is 18.8. The fourth-order valence-corrected chi connectivity index (χ4v) is 4.11. The van der Waals surface area contributed by atoms with Crippen molar-refractivity contribution in [2.24, 2.45) is 5.92 Å². The maximum Gasteiger partial charge on any atom is 0.289 e. The van der Waals surface area contributed by atoms with Crippen LogP contribution in [0.1, 0.15) is 35.4 Å². The third-order valence-corrected chi connectivity index (χ3v) is 5.53. The number of amides is 2. The van der Waals surface area contributed by atoms with E-state index in [-0.39, 0.29) is 17.7 Å². The van der Waals surface area contributed by atoms with Crippen molar-refractivity contribution < 1.29 is 18.7 Å². The Labute approximate surface area is 158 Å². The molecule has 0 N–H and O–H groups in total. The van der Waals surface area contributed by atoms with Crippen molar-refractivity contribution in [1.29, 1.82) is 0 Å². The topological polar surface area (TPSA) is 63.0 Å². The van der Waals surface area contributed by atoms with E-state index in [0.29, 0.717) is 31.7 Å². The van der Waals surface area contributed by atoms with Crippen LogP contribution < -0.4 is 9.64 Å². The number of hydrogen-bond acceptors (Lipinski definition) is 4. The summed E-state index contributed by atoms with van der Waals surface area (Å²) in [6, 6.07) is 9.35. The largest absolute Gasteiger partial charge is 0.495 e. The first-order chi connectivity index (χ1) is 13.2. The van der Waals surface area contributed by atoms with E-state index in [4.69, 9.17) is 9.15 Å². The lowest BCUT2D eigenvalue weighted by Gasteiger charge is -2.36. The summed E-state index contributed by atoms with van der Waals surface area (Å²) in [6.45, 7) is 1.86. The van der Waals surface area contributed by atoms with Crippen molar-refractivity contribution in [3.05, 3.63) is 47.9 Å². The standard InChI is InChI=1S/C21H24N2O4/c1-26-17-7-2-5-15-6-3-11-23(19(15)17)20(24)16-9-12-22(13-10-16)21(25)18-8-4-14-27-18/h2,4-5,7-8,14,16H,3,6,9-13H2,1H3. The number of aryl methyl sites for hydroxylation is 1. The van der Waals surface area contributed by atoms with Crippen LogP contribution in [-0.4, -0.2) is 43.5 Å². The van der Waals surface area contributed by atoms with Gasteiger partial charge in [0.2, 0.25) is 5.91 Å². The van der Waals surface area contributed by atoms with Gasteiger partial charge in [0.25, 0.3) is 5.91 Å². The number of fused-ring (bicyclic) bond motifs is 1. The molecule has 2 amide bonds. The lowest BCUT2D eigenvalue weighted by Crippen LogP contribution is -2.45. The number of para-hydroxylation sites is 1. The third kappa shape index (κ3) is 3.31. The molecule has 27 heavy (non-hydrogen) atoms. The van der Waals surface area contributed by atoms with E-state index in [1.54, 1.807) is 24.1 Å². The van der Waals surface area contributed by atoms with Gasteiger partial charge in [-0.05, 0) is 49.4 Å². The van der Waals surface area contributed by atoms with Gasteiger partial charge in [0.1, 0.15) is 5.75 Å². The van der Waals surface area contributed by atoms with E-state index in [1.807, 2.05) is 17.0 Å². The predicted octanol–water partition coefficient (Wildman–Crippen LogP) is 3.12. The molecule has 0 saturated carbocycles. The fraction of sp³-hybridized carbons (Fsp3) is 0.429. The molecule has 6 heteroatoms. The van der Waals surface area contributed by atoms with Crippen LogP contribution in [0.3, 0.4) is 0 Å². The summed E-state index contributed by atoms with van der Waals surface area (Å²) in [5, 5.41) is 0. The molecule has 3 heterocycles. The fourth-order valence-electron chi connectivity index (χ4n) is 4.11. The SMILES string of the molecule is COc1cccc2c1N(C(=O)C1CCN(C(=O)c3ccco3)CC1)CCC2. The van der Waals surface area contributed by atoms with Crippen LogP contribution in [0.25, 0.3) is 0 Å². The first-order valence-corrected chi connectivity index (χ1v) is 9.49. The molecule has 1 fully saturated rings. The predicted molar refractivity (Wildman–Crippen MR) is 101 cm³/mol. The normalized spacial score (nSPS) is 17.5. The summed E-state index contributed by atoms with van der Waals surface area (Å²) in [6.07, 6.45) is 4.78. The molecule has 0 radical (unpaired) electrons. The Morgan fingerprint density at radius 2 is 1.93 bits per heavy atom. The average molecular weight is 368 g/mol. The second-order valence-corrected chi connectivity index (χ2v) is 7.11. The molecule has 0 unspecified atom stereocenters. The van der Waals surface area contributed by atoms with Crippen LogP contribution in [0.15, 0.2) is 41.0 Å². The molecule has 2 aromatic rings. The van der Waals surface area contributed by atoms with Gasteiger partial charge in [-0.2, -0.15) is 0 Å². The average Bonchev–Trinajstić information content (AvgIpc) is 3.27. The zero-order valence-corrected chi connectivity index (χ0v) is 15.5.